The van der Waals surface area contributed by atoms with E-state index in [0.29, 0.717) is 12.2 Å². The van der Waals surface area contributed by atoms with Crippen molar-refractivity contribution in [2.24, 2.45) is 0 Å². The summed E-state index contributed by atoms with van der Waals surface area (Å²) in [5, 5.41) is 4.19. The fraction of sp³-hybridized carbons (Fsp3) is 0.261. The van der Waals surface area contributed by atoms with E-state index in [9.17, 15) is 22.8 Å². The Morgan fingerprint density at radius 1 is 1.03 bits per heavy atom. The first-order valence-electron chi connectivity index (χ1n) is 9.94. The Morgan fingerprint density at radius 2 is 1.81 bits per heavy atom. The maximum atomic E-state index is 13.3. The van der Waals surface area contributed by atoms with Gasteiger partial charge in [-0.2, -0.15) is 18.3 Å². The van der Waals surface area contributed by atoms with Gasteiger partial charge in [0.2, 0.25) is 5.43 Å². The van der Waals surface area contributed by atoms with Crippen LogP contribution in [0.2, 0.25) is 0 Å². The third-order valence-corrected chi connectivity index (χ3v) is 5.33. The molecule has 0 bridgehead atoms. The van der Waals surface area contributed by atoms with E-state index in [1.165, 1.54) is 27.8 Å². The second-order valence-corrected chi connectivity index (χ2v) is 7.50. The Morgan fingerprint density at radius 3 is 2.58 bits per heavy atom. The highest BCUT2D eigenvalue weighted by molar-refractivity contribution is 6.05. The second-order valence-electron chi connectivity index (χ2n) is 7.50. The molecule has 1 amide bonds. The summed E-state index contributed by atoms with van der Waals surface area (Å²) < 4.78 is 40.6. The maximum absolute atomic E-state index is 13.3. The zero-order valence-electron chi connectivity index (χ0n) is 16.8. The molecule has 2 aromatic carbocycles. The van der Waals surface area contributed by atoms with Crippen LogP contribution in [-0.2, 0) is 12.6 Å². The van der Waals surface area contributed by atoms with Crippen LogP contribution < -0.4 is 10.3 Å². The summed E-state index contributed by atoms with van der Waals surface area (Å²) >= 11 is 0. The molecule has 0 aliphatic carbocycles. The highest BCUT2D eigenvalue weighted by Crippen LogP contribution is 2.30. The normalized spacial score (nSPS) is 14.1. The monoisotopic (exact) mass is 427 g/mol. The molecule has 160 valence electrons. The van der Waals surface area contributed by atoms with Gasteiger partial charge in [-0.3, -0.25) is 9.59 Å². The lowest BCUT2D eigenvalue weighted by atomic mass is 10.1. The molecule has 0 fully saturated rings. The molecular weight excluding hydrogens is 407 g/mol. The molecular formula is C23H20F3N3O2. The predicted molar refractivity (Wildman–Crippen MR) is 111 cm³/mol. The number of alkyl halides is 3. The lowest BCUT2D eigenvalue weighted by Crippen LogP contribution is -2.37. The van der Waals surface area contributed by atoms with Gasteiger partial charge in [0, 0.05) is 24.0 Å². The number of hydrogen-bond donors (Lipinski definition) is 0. The maximum Gasteiger partial charge on any atom is 0.416 e. The zero-order valence-corrected chi connectivity index (χ0v) is 16.8. The van der Waals surface area contributed by atoms with E-state index < -0.39 is 23.1 Å². The van der Waals surface area contributed by atoms with Gasteiger partial charge in [-0.25, -0.2) is 4.68 Å². The molecule has 31 heavy (non-hydrogen) atoms. The van der Waals surface area contributed by atoms with Crippen LogP contribution in [0.25, 0.3) is 5.69 Å². The number of amides is 1. The molecule has 0 saturated carbocycles. The first-order valence-corrected chi connectivity index (χ1v) is 9.94. The number of carbonyl (C=O) groups excluding carboxylic acids is 1. The minimum absolute atomic E-state index is 0.123. The molecule has 8 heteroatoms. The van der Waals surface area contributed by atoms with Crippen molar-refractivity contribution < 1.29 is 18.0 Å². The van der Waals surface area contributed by atoms with E-state index in [0.717, 1.165) is 42.6 Å². The summed E-state index contributed by atoms with van der Waals surface area (Å²) in [5.41, 5.74) is 0.484. The Bertz CT molecular complexity index is 1200. The lowest BCUT2D eigenvalue weighted by molar-refractivity contribution is -0.137. The first-order chi connectivity index (χ1) is 14.8. The molecule has 3 aromatic rings. The second kappa shape index (κ2) is 8.02. The van der Waals surface area contributed by atoms with Crippen LogP contribution in [0.3, 0.4) is 0 Å². The number of anilines is 1. The number of carbonyl (C=O) groups is 1. The third-order valence-electron chi connectivity index (χ3n) is 5.33. The largest absolute Gasteiger partial charge is 0.416 e. The Hall–Kier alpha value is -3.42. The minimum Gasteiger partial charge on any atom is -0.307 e. The Balaban J connectivity index is 1.79. The molecule has 0 spiro atoms. The summed E-state index contributed by atoms with van der Waals surface area (Å²) in [4.78, 5) is 27.5. The van der Waals surface area contributed by atoms with Crippen LogP contribution in [0, 0.1) is 6.92 Å². The fourth-order valence-corrected chi connectivity index (χ4v) is 3.80. The summed E-state index contributed by atoms with van der Waals surface area (Å²) in [6.07, 6.45) is -2.00. The molecule has 0 N–H and O–H groups in total. The van der Waals surface area contributed by atoms with Gasteiger partial charge in [-0.1, -0.05) is 24.3 Å². The molecule has 1 aliphatic rings. The van der Waals surface area contributed by atoms with Crippen molar-refractivity contribution in [2.75, 3.05) is 11.4 Å². The molecule has 0 atom stereocenters. The van der Waals surface area contributed by atoms with E-state index in [4.69, 9.17) is 0 Å². The van der Waals surface area contributed by atoms with Crippen molar-refractivity contribution in [3.63, 3.8) is 0 Å². The van der Waals surface area contributed by atoms with Crippen LogP contribution in [0.1, 0.15) is 40.2 Å². The minimum atomic E-state index is -4.52. The molecule has 4 rings (SSSR count). The zero-order chi connectivity index (χ0) is 22.2. The SMILES string of the molecule is Cc1cc(=O)c(C(=O)N2CCCCc3ccccc32)nn1-c1cccc(C(F)(F)F)c1. The average molecular weight is 427 g/mol. The van der Waals surface area contributed by atoms with Gasteiger partial charge in [0.05, 0.1) is 11.3 Å². The quantitative estimate of drug-likeness (QED) is 0.603. The lowest BCUT2D eigenvalue weighted by Gasteiger charge is -2.23. The standard InChI is InChI=1S/C23H20F3N3O2/c1-15-13-20(30)21(27-29(15)18-10-6-9-17(14-18)23(24,25)26)22(31)28-12-5-4-8-16-7-2-3-11-19(16)28/h2-3,6-7,9-11,13-14H,4-5,8,12H2,1H3. The number of hydrogen-bond acceptors (Lipinski definition) is 3. The summed E-state index contributed by atoms with van der Waals surface area (Å²) in [6.45, 7) is 2.00. The van der Waals surface area contributed by atoms with Crippen molar-refractivity contribution in [3.05, 3.63) is 87.3 Å². The third kappa shape index (κ3) is 4.10. The average Bonchev–Trinajstić information content (AvgIpc) is 2.95. The van der Waals surface area contributed by atoms with Crippen molar-refractivity contribution in [3.8, 4) is 5.69 Å². The van der Waals surface area contributed by atoms with E-state index in [2.05, 4.69) is 5.10 Å². The summed E-state index contributed by atoms with van der Waals surface area (Å²) in [6, 6.07) is 13.4. The van der Waals surface area contributed by atoms with Crippen molar-refractivity contribution in [1.82, 2.24) is 9.78 Å². The van der Waals surface area contributed by atoms with Gasteiger partial charge < -0.3 is 4.90 Å². The number of para-hydroxylation sites is 1. The number of halogens is 3. The van der Waals surface area contributed by atoms with Crippen molar-refractivity contribution >= 4 is 11.6 Å². The molecule has 0 radical (unpaired) electrons. The van der Waals surface area contributed by atoms with Crippen molar-refractivity contribution in [2.45, 2.75) is 32.4 Å². The van der Waals surface area contributed by atoms with Gasteiger partial charge in [0.25, 0.3) is 5.91 Å². The number of aromatic nitrogens is 2. The van der Waals surface area contributed by atoms with Gasteiger partial charge >= 0.3 is 6.18 Å². The number of aryl methyl sites for hydroxylation is 2. The topological polar surface area (TPSA) is 55.2 Å². The van der Waals surface area contributed by atoms with E-state index >= 15 is 0 Å². The number of benzene rings is 2. The van der Waals surface area contributed by atoms with E-state index in [1.807, 2.05) is 24.3 Å². The van der Waals surface area contributed by atoms with Gasteiger partial charge in [-0.15, -0.1) is 0 Å². The molecule has 2 heterocycles. The molecule has 0 unspecified atom stereocenters. The van der Waals surface area contributed by atoms with Crippen LogP contribution in [0.15, 0.2) is 59.4 Å². The van der Waals surface area contributed by atoms with Crippen LogP contribution in [0.4, 0.5) is 18.9 Å². The number of rotatable bonds is 2. The van der Waals surface area contributed by atoms with E-state index in [1.54, 1.807) is 6.92 Å². The van der Waals surface area contributed by atoms with Crippen LogP contribution in [-0.4, -0.2) is 22.2 Å². The highest BCUT2D eigenvalue weighted by Gasteiger charge is 2.31. The van der Waals surface area contributed by atoms with Crippen LogP contribution in [0.5, 0.6) is 0 Å². The summed E-state index contributed by atoms with van der Waals surface area (Å²) in [5.74, 6) is -0.555. The molecule has 1 aliphatic heterocycles. The van der Waals surface area contributed by atoms with Crippen LogP contribution >= 0.6 is 0 Å². The fourth-order valence-electron chi connectivity index (χ4n) is 3.80. The predicted octanol–water partition coefficient (Wildman–Crippen LogP) is 4.54. The van der Waals surface area contributed by atoms with E-state index in [-0.39, 0.29) is 11.4 Å². The first kappa shape index (κ1) is 20.8. The Kier molecular flexibility index (Phi) is 5.39. The summed E-state index contributed by atoms with van der Waals surface area (Å²) in [7, 11) is 0. The highest BCUT2D eigenvalue weighted by atomic mass is 19.4. The molecule has 1 aromatic heterocycles. The van der Waals surface area contributed by atoms with Gasteiger partial charge in [0.15, 0.2) is 5.69 Å². The van der Waals surface area contributed by atoms with Gasteiger partial charge in [0.1, 0.15) is 0 Å². The molecule has 5 nitrogen and oxygen atoms in total. The van der Waals surface area contributed by atoms with Gasteiger partial charge in [-0.05, 0) is 56.0 Å². The number of fused-ring (bicyclic) bond motifs is 1. The van der Waals surface area contributed by atoms with Crippen molar-refractivity contribution in [1.29, 1.82) is 0 Å². The smallest absolute Gasteiger partial charge is 0.307 e. The Labute approximate surface area is 176 Å². The molecule has 0 saturated heterocycles. The number of nitrogens with zero attached hydrogens (tertiary/aromatic N) is 3.